The molecule has 5 nitrogen and oxygen atoms in total. The van der Waals surface area contributed by atoms with E-state index < -0.39 is 11.6 Å². The van der Waals surface area contributed by atoms with Gasteiger partial charge in [0.1, 0.15) is 5.69 Å². The summed E-state index contributed by atoms with van der Waals surface area (Å²) >= 11 is 0. The Bertz CT molecular complexity index is 862. The lowest BCUT2D eigenvalue weighted by molar-refractivity contribution is -0.116. The first-order valence-corrected chi connectivity index (χ1v) is 10.3. The minimum Gasteiger partial charge on any atom is -0.367 e. The normalized spacial score (nSPS) is 14.1. The molecule has 1 amide bonds. The Labute approximate surface area is 171 Å². The molecule has 1 saturated heterocycles. The maximum atomic E-state index is 14.4. The zero-order valence-electron chi connectivity index (χ0n) is 17.7. The molecule has 1 aromatic heterocycles. The molecule has 0 aliphatic carbocycles. The monoisotopic (exact) mass is 404 g/mol. The van der Waals surface area contributed by atoms with Crippen LogP contribution in [0.2, 0.25) is 0 Å². The molecule has 2 heterocycles. The lowest BCUT2D eigenvalue weighted by Crippen LogP contribution is -2.21. The van der Waals surface area contributed by atoms with E-state index in [0.29, 0.717) is 25.4 Å². The SMILES string of the molecule is Cc1nn(CC(C)C)c(C)c1CCC(=O)Nc1cc(F)c(N2CCCC2)c(F)c1. The zero-order chi connectivity index (χ0) is 21.1. The second-order valence-corrected chi connectivity index (χ2v) is 8.26. The fourth-order valence-electron chi connectivity index (χ4n) is 3.96. The number of anilines is 2. The number of hydrogen-bond donors (Lipinski definition) is 1. The second-order valence-electron chi connectivity index (χ2n) is 8.26. The van der Waals surface area contributed by atoms with Crippen LogP contribution in [0.1, 0.15) is 50.1 Å². The standard InChI is InChI=1S/C22H30F2N4O/c1-14(2)13-28-16(4)18(15(3)26-28)7-8-21(29)25-17-11-19(23)22(20(24)12-17)27-9-5-6-10-27/h11-12,14H,5-10,13H2,1-4H3,(H,25,29). The van der Waals surface area contributed by atoms with E-state index in [9.17, 15) is 13.6 Å². The van der Waals surface area contributed by atoms with Crippen LogP contribution in [0.25, 0.3) is 0 Å². The van der Waals surface area contributed by atoms with Crippen LogP contribution < -0.4 is 10.2 Å². The summed E-state index contributed by atoms with van der Waals surface area (Å²) in [7, 11) is 0. The van der Waals surface area contributed by atoms with Gasteiger partial charge in [-0.25, -0.2) is 8.78 Å². The second kappa shape index (κ2) is 8.93. The highest BCUT2D eigenvalue weighted by molar-refractivity contribution is 5.91. The topological polar surface area (TPSA) is 50.2 Å². The molecular formula is C22H30F2N4O. The Kier molecular flexibility index (Phi) is 6.55. The van der Waals surface area contributed by atoms with E-state index in [4.69, 9.17) is 0 Å². The number of aromatic nitrogens is 2. The summed E-state index contributed by atoms with van der Waals surface area (Å²) in [4.78, 5) is 14.1. The summed E-state index contributed by atoms with van der Waals surface area (Å²) in [5.41, 5.74) is 3.20. The Morgan fingerprint density at radius 3 is 2.38 bits per heavy atom. The molecule has 2 aromatic rings. The number of carbonyl (C=O) groups is 1. The fraction of sp³-hybridized carbons (Fsp3) is 0.545. The Balaban J connectivity index is 1.63. The molecule has 1 aromatic carbocycles. The Hall–Kier alpha value is -2.44. The third-order valence-corrected chi connectivity index (χ3v) is 5.39. The lowest BCUT2D eigenvalue weighted by Gasteiger charge is -2.19. The van der Waals surface area contributed by atoms with Crippen molar-refractivity contribution in [1.29, 1.82) is 0 Å². The van der Waals surface area contributed by atoms with Gasteiger partial charge in [-0.2, -0.15) is 5.10 Å². The van der Waals surface area contributed by atoms with E-state index in [1.54, 1.807) is 4.90 Å². The number of nitrogens with one attached hydrogen (secondary N) is 1. The minimum absolute atomic E-state index is 0.00400. The first-order chi connectivity index (χ1) is 13.8. The summed E-state index contributed by atoms with van der Waals surface area (Å²) in [5, 5.41) is 7.19. The van der Waals surface area contributed by atoms with E-state index in [0.717, 1.165) is 36.3 Å². The maximum Gasteiger partial charge on any atom is 0.224 e. The van der Waals surface area contributed by atoms with Gasteiger partial charge in [0.25, 0.3) is 0 Å². The van der Waals surface area contributed by atoms with Crippen molar-refractivity contribution in [3.63, 3.8) is 0 Å². The molecule has 158 valence electrons. The van der Waals surface area contributed by atoms with E-state index in [1.807, 2.05) is 18.5 Å². The smallest absolute Gasteiger partial charge is 0.224 e. The van der Waals surface area contributed by atoms with Crippen LogP contribution in [0.4, 0.5) is 20.2 Å². The van der Waals surface area contributed by atoms with Crippen molar-refractivity contribution >= 4 is 17.3 Å². The third-order valence-electron chi connectivity index (χ3n) is 5.39. The van der Waals surface area contributed by atoms with Crippen LogP contribution in [0.15, 0.2) is 12.1 Å². The van der Waals surface area contributed by atoms with Crippen molar-refractivity contribution < 1.29 is 13.6 Å². The van der Waals surface area contributed by atoms with Gasteiger partial charge in [-0.3, -0.25) is 9.48 Å². The van der Waals surface area contributed by atoms with E-state index in [1.165, 1.54) is 12.1 Å². The van der Waals surface area contributed by atoms with E-state index >= 15 is 0 Å². The number of nitrogens with zero attached hydrogens (tertiary/aromatic N) is 3. The molecule has 0 atom stereocenters. The van der Waals surface area contributed by atoms with Crippen LogP contribution >= 0.6 is 0 Å². The number of rotatable bonds is 7. The zero-order valence-corrected chi connectivity index (χ0v) is 17.7. The van der Waals surface area contributed by atoms with Gasteiger partial charge in [-0.05, 0) is 56.7 Å². The number of benzene rings is 1. The van der Waals surface area contributed by atoms with Crippen LogP contribution in [-0.4, -0.2) is 28.8 Å². The average Bonchev–Trinajstić information content (AvgIpc) is 3.22. The first-order valence-electron chi connectivity index (χ1n) is 10.3. The van der Waals surface area contributed by atoms with Gasteiger partial charge in [0, 0.05) is 37.4 Å². The summed E-state index contributed by atoms with van der Waals surface area (Å²) in [6, 6.07) is 2.40. The van der Waals surface area contributed by atoms with Gasteiger partial charge in [0.15, 0.2) is 11.6 Å². The molecule has 0 unspecified atom stereocenters. The van der Waals surface area contributed by atoms with Crippen molar-refractivity contribution in [3.8, 4) is 0 Å². The van der Waals surface area contributed by atoms with Crippen LogP contribution in [-0.2, 0) is 17.8 Å². The molecule has 1 aliphatic heterocycles. The molecular weight excluding hydrogens is 374 g/mol. The van der Waals surface area contributed by atoms with Gasteiger partial charge < -0.3 is 10.2 Å². The van der Waals surface area contributed by atoms with E-state index in [2.05, 4.69) is 24.3 Å². The van der Waals surface area contributed by atoms with Gasteiger partial charge in [0.2, 0.25) is 5.91 Å². The highest BCUT2D eigenvalue weighted by atomic mass is 19.1. The number of aryl methyl sites for hydroxylation is 1. The predicted octanol–water partition coefficient (Wildman–Crippen LogP) is 4.61. The minimum atomic E-state index is -0.635. The molecule has 0 saturated carbocycles. The van der Waals surface area contributed by atoms with Crippen molar-refractivity contribution in [2.75, 3.05) is 23.3 Å². The van der Waals surface area contributed by atoms with Crippen molar-refractivity contribution in [2.24, 2.45) is 5.92 Å². The molecule has 1 fully saturated rings. The molecule has 0 bridgehead atoms. The Morgan fingerprint density at radius 1 is 1.17 bits per heavy atom. The summed E-state index contributed by atoms with van der Waals surface area (Å²) in [5.74, 6) is -1.06. The lowest BCUT2D eigenvalue weighted by atomic mass is 10.1. The first kappa shape index (κ1) is 21.3. The molecule has 1 aliphatic rings. The van der Waals surface area contributed by atoms with E-state index in [-0.39, 0.29) is 23.7 Å². The molecule has 0 spiro atoms. The van der Waals surface area contributed by atoms with Crippen molar-refractivity contribution in [2.45, 2.75) is 59.9 Å². The summed E-state index contributed by atoms with van der Waals surface area (Å²) in [6.45, 7) is 10.4. The number of hydrogen-bond acceptors (Lipinski definition) is 3. The van der Waals surface area contributed by atoms with Crippen molar-refractivity contribution in [3.05, 3.63) is 40.7 Å². The third kappa shape index (κ3) is 4.95. The van der Waals surface area contributed by atoms with Crippen LogP contribution in [0.5, 0.6) is 0 Å². The summed E-state index contributed by atoms with van der Waals surface area (Å²) < 4.78 is 30.8. The molecule has 3 rings (SSSR count). The molecule has 0 radical (unpaired) electrons. The number of carbonyl (C=O) groups excluding carboxylic acids is 1. The van der Waals surface area contributed by atoms with Gasteiger partial charge >= 0.3 is 0 Å². The quantitative estimate of drug-likeness (QED) is 0.733. The van der Waals surface area contributed by atoms with Crippen LogP contribution in [0.3, 0.4) is 0 Å². The maximum absolute atomic E-state index is 14.4. The fourth-order valence-corrected chi connectivity index (χ4v) is 3.96. The van der Waals surface area contributed by atoms with Gasteiger partial charge in [-0.15, -0.1) is 0 Å². The average molecular weight is 405 g/mol. The number of halogens is 2. The van der Waals surface area contributed by atoms with Gasteiger partial charge in [0.05, 0.1) is 5.69 Å². The molecule has 29 heavy (non-hydrogen) atoms. The van der Waals surface area contributed by atoms with Gasteiger partial charge in [-0.1, -0.05) is 13.8 Å². The van der Waals surface area contributed by atoms with Crippen molar-refractivity contribution in [1.82, 2.24) is 9.78 Å². The number of amides is 1. The summed E-state index contributed by atoms with van der Waals surface area (Å²) in [6.07, 6.45) is 2.64. The van der Waals surface area contributed by atoms with Crippen LogP contribution in [0, 0.1) is 31.4 Å². The predicted molar refractivity (Wildman–Crippen MR) is 111 cm³/mol. The molecule has 1 N–H and O–H groups in total. The highest BCUT2D eigenvalue weighted by Gasteiger charge is 2.21. The Morgan fingerprint density at radius 2 is 1.79 bits per heavy atom. The highest BCUT2D eigenvalue weighted by Crippen LogP contribution is 2.29. The molecule has 7 heteroatoms. The largest absolute Gasteiger partial charge is 0.367 e.